The molecule has 7 heteroatoms. The van der Waals surface area contributed by atoms with E-state index in [0.717, 1.165) is 11.3 Å². The van der Waals surface area contributed by atoms with Crippen LogP contribution < -0.4 is 4.90 Å². The van der Waals surface area contributed by atoms with Crippen LogP contribution >= 0.6 is 0 Å². The molecule has 0 atom stereocenters. The maximum Gasteiger partial charge on any atom is 0.204 e. The first-order valence-corrected chi connectivity index (χ1v) is 5.36. The summed E-state index contributed by atoms with van der Waals surface area (Å²) in [6.45, 7) is 0. The minimum atomic E-state index is 0.340. The van der Waals surface area contributed by atoms with Gasteiger partial charge in [0.1, 0.15) is 0 Å². The van der Waals surface area contributed by atoms with Gasteiger partial charge >= 0.3 is 0 Å². The Kier molecular flexibility index (Phi) is 3.22. The average molecular weight is 246 g/mol. The number of nitrogens with zero attached hydrogens (tertiary/aromatic N) is 6. The third-order valence-electron chi connectivity index (χ3n) is 2.57. The van der Waals surface area contributed by atoms with E-state index in [1.165, 1.54) is 4.68 Å². The largest absolute Gasteiger partial charge is 0.410 e. The minimum absolute atomic E-state index is 0.340. The van der Waals surface area contributed by atoms with Crippen molar-refractivity contribution in [2.24, 2.45) is 12.2 Å². The summed E-state index contributed by atoms with van der Waals surface area (Å²) in [5, 5.41) is 23.7. The molecule has 0 aliphatic heterocycles. The van der Waals surface area contributed by atoms with Gasteiger partial charge in [-0.1, -0.05) is 23.4 Å². The number of tetrazole rings is 1. The predicted molar refractivity (Wildman–Crippen MR) is 67.0 cm³/mol. The Hall–Kier alpha value is -2.44. The number of hydrogen-bond donors (Lipinski definition) is 1. The fourth-order valence-electron chi connectivity index (χ4n) is 1.71. The lowest BCUT2D eigenvalue weighted by atomic mass is 10.1. The van der Waals surface area contributed by atoms with Gasteiger partial charge in [0, 0.05) is 32.4 Å². The lowest BCUT2D eigenvalue weighted by molar-refractivity contribution is 0.319. The highest BCUT2D eigenvalue weighted by Crippen LogP contribution is 2.20. The average Bonchev–Trinajstić information content (AvgIpc) is 2.77. The summed E-state index contributed by atoms with van der Waals surface area (Å²) in [4.78, 5) is 1.93. The van der Waals surface area contributed by atoms with Gasteiger partial charge in [-0.05, 0) is 16.5 Å². The highest BCUT2D eigenvalue weighted by atomic mass is 16.4. The monoisotopic (exact) mass is 246 g/mol. The maximum atomic E-state index is 9.24. The van der Waals surface area contributed by atoms with E-state index >= 15 is 0 Å². The third-order valence-corrected chi connectivity index (χ3v) is 2.57. The molecule has 0 fully saturated rings. The van der Waals surface area contributed by atoms with Crippen LogP contribution in [0.2, 0.25) is 0 Å². The van der Waals surface area contributed by atoms with Crippen LogP contribution in [0.25, 0.3) is 0 Å². The molecule has 0 amide bonds. The van der Waals surface area contributed by atoms with Gasteiger partial charge in [0.25, 0.3) is 0 Å². The molecule has 2 rings (SSSR count). The van der Waals surface area contributed by atoms with Crippen LogP contribution in [-0.2, 0) is 7.05 Å². The second-order valence-electron chi connectivity index (χ2n) is 3.99. The van der Waals surface area contributed by atoms with Gasteiger partial charge in [0.2, 0.25) is 5.82 Å². The molecule has 0 unspecified atom stereocenters. The molecule has 2 aromatic rings. The lowest BCUT2D eigenvalue weighted by Gasteiger charge is -2.17. The number of aryl methyl sites for hydroxylation is 1. The Labute approximate surface area is 104 Å². The Morgan fingerprint density at radius 2 is 2.06 bits per heavy atom. The molecule has 7 nitrogen and oxygen atoms in total. The Morgan fingerprint density at radius 3 is 2.61 bits per heavy atom. The number of benzene rings is 1. The maximum absolute atomic E-state index is 9.24. The van der Waals surface area contributed by atoms with E-state index in [2.05, 4.69) is 20.7 Å². The Balaban J connectivity index is 2.57. The van der Waals surface area contributed by atoms with Crippen molar-refractivity contribution in [2.75, 3.05) is 19.0 Å². The normalized spacial score (nSPS) is 11.6. The summed E-state index contributed by atoms with van der Waals surface area (Å²) < 4.78 is 1.46. The zero-order valence-electron chi connectivity index (χ0n) is 10.4. The molecule has 0 aliphatic rings. The van der Waals surface area contributed by atoms with E-state index in [1.807, 2.05) is 43.3 Å². The van der Waals surface area contributed by atoms with Crippen molar-refractivity contribution in [1.82, 2.24) is 20.2 Å². The van der Waals surface area contributed by atoms with Gasteiger partial charge < -0.3 is 10.1 Å². The van der Waals surface area contributed by atoms with Gasteiger partial charge in [-0.15, -0.1) is 5.10 Å². The fourth-order valence-corrected chi connectivity index (χ4v) is 1.71. The van der Waals surface area contributed by atoms with Crippen LogP contribution in [0.4, 0.5) is 5.69 Å². The summed E-state index contributed by atoms with van der Waals surface area (Å²) in [5.74, 6) is 0.409. The first-order valence-electron chi connectivity index (χ1n) is 5.36. The molecule has 0 saturated heterocycles. The summed E-state index contributed by atoms with van der Waals surface area (Å²) in [6.07, 6.45) is 0. The Bertz CT molecular complexity index is 574. The second-order valence-corrected chi connectivity index (χ2v) is 3.99. The molecule has 0 bridgehead atoms. The third kappa shape index (κ3) is 2.02. The summed E-state index contributed by atoms with van der Waals surface area (Å²) in [5.41, 5.74) is 2.03. The number of oxime groups is 1. The number of aromatic nitrogens is 4. The molecule has 18 heavy (non-hydrogen) atoms. The van der Waals surface area contributed by atoms with Crippen molar-refractivity contribution in [3.63, 3.8) is 0 Å². The van der Waals surface area contributed by atoms with Gasteiger partial charge in [-0.25, -0.2) is 4.68 Å². The quantitative estimate of drug-likeness (QED) is 0.484. The zero-order chi connectivity index (χ0) is 13.1. The van der Waals surface area contributed by atoms with Crippen LogP contribution in [0.1, 0.15) is 11.4 Å². The molecule has 1 N–H and O–H groups in total. The summed E-state index contributed by atoms with van der Waals surface area (Å²) >= 11 is 0. The number of rotatable bonds is 3. The van der Waals surface area contributed by atoms with Crippen molar-refractivity contribution in [3.8, 4) is 0 Å². The molecule has 0 radical (unpaired) electrons. The van der Waals surface area contributed by atoms with E-state index in [1.54, 1.807) is 7.05 Å². The van der Waals surface area contributed by atoms with E-state index in [9.17, 15) is 5.21 Å². The standard InChI is InChI=1S/C11H14N6O/c1-16(2)9-7-5-4-6-8(9)10(13-18)11-12-14-15-17(11)3/h4-7,18H,1-3H3. The highest BCUT2D eigenvalue weighted by molar-refractivity contribution is 6.13. The first-order chi connectivity index (χ1) is 8.65. The molecular formula is C11H14N6O. The van der Waals surface area contributed by atoms with Gasteiger partial charge in [0.05, 0.1) is 0 Å². The van der Waals surface area contributed by atoms with E-state index in [-0.39, 0.29) is 0 Å². The first kappa shape index (κ1) is 12.0. The molecule has 1 aromatic heterocycles. The predicted octanol–water partition coefficient (Wildman–Crippen LogP) is 0.503. The smallest absolute Gasteiger partial charge is 0.204 e. The SMILES string of the molecule is CN(C)c1ccccc1C(=NO)c1nnnn1C. The molecule has 1 heterocycles. The fraction of sp³-hybridized carbons (Fsp3) is 0.273. The van der Waals surface area contributed by atoms with Crippen molar-refractivity contribution in [3.05, 3.63) is 35.7 Å². The van der Waals surface area contributed by atoms with Crippen LogP contribution in [0.3, 0.4) is 0 Å². The second kappa shape index (κ2) is 4.82. The Morgan fingerprint density at radius 1 is 1.33 bits per heavy atom. The van der Waals surface area contributed by atoms with E-state index in [0.29, 0.717) is 11.5 Å². The van der Waals surface area contributed by atoms with Gasteiger partial charge in [0.15, 0.2) is 5.71 Å². The van der Waals surface area contributed by atoms with Gasteiger partial charge in [-0.3, -0.25) is 0 Å². The van der Waals surface area contributed by atoms with E-state index < -0.39 is 0 Å². The highest BCUT2D eigenvalue weighted by Gasteiger charge is 2.18. The summed E-state index contributed by atoms with van der Waals surface area (Å²) in [7, 11) is 5.53. The van der Waals surface area contributed by atoms with Crippen molar-refractivity contribution in [1.29, 1.82) is 0 Å². The summed E-state index contributed by atoms with van der Waals surface area (Å²) in [6, 6.07) is 7.59. The van der Waals surface area contributed by atoms with Crippen LogP contribution in [-0.4, -0.2) is 45.2 Å². The molecule has 94 valence electrons. The van der Waals surface area contributed by atoms with Crippen molar-refractivity contribution in [2.45, 2.75) is 0 Å². The van der Waals surface area contributed by atoms with Crippen molar-refractivity contribution >= 4 is 11.4 Å². The number of hydrogen-bond acceptors (Lipinski definition) is 6. The lowest BCUT2D eigenvalue weighted by Crippen LogP contribution is -2.17. The topological polar surface area (TPSA) is 79.4 Å². The van der Waals surface area contributed by atoms with E-state index in [4.69, 9.17) is 0 Å². The van der Waals surface area contributed by atoms with Crippen LogP contribution in [0.15, 0.2) is 29.4 Å². The zero-order valence-corrected chi connectivity index (χ0v) is 10.4. The van der Waals surface area contributed by atoms with Crippen molar-refractivity contribution < 1.29 is 5.21 Å². The van der Waals surface area contributed by atoms with Gasteiger partial charge in [-0.2, -0.15) is 0 Å². The molecule has 0 saturated carbocycles. The molecule has 1 aromatic carbocycles. The minimum Gasteiger partial charge on any atom is -0.410 e. The molecule has 0 aliphatic carbocycles. The number of para-hydroxylation sites is 1. The van der Waals surface area contributed by atoms with Crippen LogP contribution in [0, 0.1) is 0 Å². The number of anilines is 1. The molecule has 0 spiro atoms. The van der Waals surface area contributed by atoms with Crippen LogP contribution in [0.5, 0.6) is 0 Å². The molecular weight excluding hydrogens is 232 g/mol.